The summed E-state index contributed by atoms with van der Waals surface area (Å²) in [6.07, 6.45) is 2.51. The van der Waals surface area contributed by atoms with Gasteiger partial charge >= 0.3 is 0 Å². The lowest BCUT2D eigenvalue weighted by Crippen LogP contribution is -2.49. The Labute approximate surface area is 147 Å². The van der Waals surface area contributed by atoms with Crippen molar-refractivity contribution >= 4 is 5.91 Å². The molecule has 0 unspecified atom stereocenters. The quantitative estimate of drug-likeness (QED) is 0.892. The molecule has 1 aromatic heterocycles. The van der Waals surface area contributed by atoms with Gasteiger partial charge in [-0.1, -0.05) is 12.1 Å². The Morgan fingerprint density at radius 3 is 2.48 bits per heavy atom. The Hall–Kier alpha value is -2.60. The molecule has 1 fully saturated rings. The number of benzene rings is 1. The average molecular weight is 341 g/mol. The average Bonchev–Trinajstić information content (AvgIpc) is 2.67. The molecular weight excluding hydrogens is 318 g/mol. The molecule has 1 N–H and O–H groups in total. The van der Waals surface area contributed by atoms with E-state index in [1.165, 1.54) is 11.8 Å². The predicted molar refractivity (Wildman–Crippen MR) is 96.1 cm³/mol. The van der Waals surface area contributed by atoms with E-state index in [-0.39, 0.29) is 17.0 Å². The zero-order valence-electron chi connectivity index (χ0n) is 14.4. The number of aromatic amines is 1. The van der Waals surface area contributed by atoms with Gasteiger partial charge < -0.3 is 14.6 Å². The van der Waals surface area contributed by atoms with Crippen LogP contribution in [0.4, 0.5) is 0 Å². The maximum Gasteiger partial charge on any atom is 0.260 e. The van der Waals surface area contributed by atoms with Crippen LogP contribution in [0, 0.1) is 0 Å². The third-order valence-electron chi connectivity index (χ3n) is 4.58. The molecular formula is C19H23N3O3. The van der Waals surface area contributed by atoms with Crippen LogP contribution in [0.25, 0.3) is 0 Å². The summed E-state index contributed by atoms with van der Waals surface area (Å²) in [5.41, 5.74) is 1.17. The van der Waals surface area contributed by atoms with Gasteiger partial charge in [-0.2, -0.15) is 0 Å². The van der Waals surface area contributed by atoms with E-state index in [1.54, 1.807) is 24.1 Å². The van der Waals surface area contributed by atoms with E-state index < -0.39 is 0 Å². The first-order chi connectivity index (χ1) is 12.2. The number of carbonyl (C=O) groups is 1. The van der Waals surface area contributed by atoms with E-state index in [2.05, 4.69) is 22.0 Å². The third kappa shape index (κ3) is 4.28. The minimum Gasteiger partial charge on any atom is -0.497 e. The standard InChI is InChI=1S/C19H23N3O3/c1-25-16-6-4-15(5-7-16)8-10-21-11-13-22(14-12-21)19(24)17-3-2-9-20-18(17)23/h2-7,9H,8,10-14H2,1H3,(H,20,23). The summed E-state index contributed by atoms with van der Waals surface area (Å²) >= 11 is 0. The van der Waals surface area contributed by atoms with Crippen molar-refractivity contribution in [3.63, 3.8) is 0 Å². The smallest absolute Gasteiger partial charge is 0.260 e. The zero-order valence-corrected chi connectivity index (χ0v) is 14.4. The molecule has 0 atom stereocenters. The van der Waals surface area contributed by atoms with E-state index in [4.69, 9.17) is 4.74 Å². The molecule has 1 aromatic carbocycles. The number of H-pyrrole nitrogens is 1. The summed E-state index contributed by atoms with van der Waals surface area (Å²) in [5.74, 6) is 0.684. The molecule has 1 aliphatic heterocycles. The van der Waals surface area contributed by atoms with Crippen molar-refractivity contribution in [2.75, 3.05) is 39.8 Å². The molecule has 1 aliphatic rings. The van der Waals surface area contributed by atoms with Crippen LogP contribution in [0.15, 0.2) is 47.4 Å². The van der Waals surface area contributed by atoms with Gasteiger partial charge in [0.15, 0.2) is 0 Å². The third-order valence-corrected chi connectivity index (χ3v) is 4.58. The van der Waals surface area contributed by atoms with Crippen molar-refractivity contribution in [2.24, 2.45) is 0 Å². The molecule has 2 aromatic rings. The van der Waals surface area contributed by atoms with Gasteiger partial charge in [-0.15, -0.1) is 0 Å². The van der Waals surface area contributed by atoms with Crippen LogP contribution in [-0.2, 0) is 6.42 Å². The zero-order chi connectivity index (χ0) is 17.6. The maximum absolute atomic E-state index is 12.4. The molecule has 132 valence electrons. The number of piperazine rings is 1. The highest BCUT2D eigenvalue weighted by atomic mass is 16.5. The van der Waals surface area contributed by atoms with Crippen molar-refractivity contribution in [3.05, 3.63) is 64.1 Å². The van der Waals surface area contributed by atoms with Crippen LogP contribution in [0.3, 0.4) is 0 Å². The number of methoxy groups -OCH3 is 1. The monoisotopic (exact) mass is 341 g/mol. The van der Waals surface area contributed by atoms with Gasteiger partial charge in [-0.3, -0.25) is 14.5 Å². The first kappa shape index (κ1) is 17.2. The second kappa shape index (κ2) is 7.98. The van der Waals surface area contributed by atoms with Crippen LogP contribution in [0.5, 0.6) is 5.75 Å². The number of hydrogen-bond acceptors (Lipinski definition) is 4. The van der Waals surface area contributed by atoms with Gasteiger partial charge in [-0.25, -0.2) is 0 Å². The molecule has 1 saturated heterocycles. The lowest BCUT2D eigenvalue weighted by Gasteiger charge is -2.34. The van der Waals surface area contributed by atoms with Gasteiger partial charge in [-0.05, 0) is 36.2 Å². The Bertz CT molecular complexity index is 762. The lowest BCUT2D eigenvalue weighted by atomic mass is 10.1. The number of amides is 1. The van der Waals surface area contributed by atoms with Crippen LogP contribution in [0.1, 0.15) is 15.9 Å². The minimum absolute atomic E-state index is 0.184. The summed E-state index contributed by atoms with van der Waals surface area (Å²) in [4.78, 5) is 30.9. The first-order valence-electron chi connectivity index (χ1n) is 8.49. The molecule has 6 nitrogen and oxygen atoms in total. The minimum atomic E-state index is -0.325. The molecule has 6 heteroatoms. The summed E-state index contributed by atoms with van der Waals surface area (Å²) in [6.45, 7) is 3.91. The number of aromatic nitrogens is 1. The van der Waals surface area contributed by atoms with Crippen LogP contribution in [0.2, 0.25) is 0 Å². The fourth-order valence-electron chi connectivity index (χ4n) is 3.01. The van der Waals surface area contributed by atoms with E-state index in [0.717, 1.165) is 31.8 Å². The molecule has 0 bridgehead atoms. The number of nitrogens with zero attached hydrogens (tertiary/aromatic N) is 2. The largest absolute Gasteiger partial charge is 0.497 e. The molecule has 0 radical (unpaired) electrons. The van der Waals surface area contributed by atoms with Gasteiger partial charge in [0.2, 0.25) is 0 Å². The number of rotatable bonds is 5. The van der Waals surface area contributed by atoms with E-state index in [1.807, 2.05) is 12.1 Å². The number of ether oxygens (including phenoxy) is 1. The van der Waals surface area contributed by atoms with Gasteiger partial charge in [0.1, 0.15) is 11.3 Å². The van der Waals surface area contributed by atoms with Crippen LogP contribution < -0.4 is 10.3 Å². The van der Waals surface area contributed by atoms with Crippen molar-refractivity contribution in [2.45, 2.75) is 6.42 Å². The topological polar surface area (TPSA) is 65.6 Å². The molecule has 1 amide bonds. The molecule has 2 heterocycles. The van der Waals surface area contributed by atoms with E-state index in [9.17, 15) is 9.59 Å². The maximum atomic E-state index is 12.4. The summed E-state index contributed by atoms with van der Waals surface area (Å²) in [5, 5.41) is 0. The van der Waals surface area contributed by atoms with Crippen LogP contribution in [-0.4, -0.2) is 60.5 Å². The highest BCUT2D eigenvalue weighted by Crippen LogP contribution is 2.13. The summed E-state index contributed by atoms with van der Waals surface area (Å²) < 4.78 is 5.17. The number of pyridine rings is 1. The van der Waals surface area contributed by atoms with Gasteiger partial charge in [0, 0.05) is 38.9 Å². The second-order valence-corrected chi connectivity index (χ2v) is 6.14. The Morgan fingerprint density at radius 2 is 1.84 bits per heavy atom. The van der Waals surface area contributed by atoms with Crippen molar-refractivity contribution < 1.29 is 9.53 Å². The summed E-state index contributed by atoms with van der Waals surface area (Å²) in [6, 6.07) is 11.4. The van der Waals surface area contributed by atoms with E-state index >= 15 is 0 Å². The van der Waals surface area contributed by atoms with E-state index in [0.29, 0.717) is 13.1 Å². The fraction of sp³-hybridized carbons (Fsp3) is 0.368. The van der Waals surface area contributed by atoms with Gasteiger partial charge in [0.25, 0.3) is 11.5 Å². The molecule has 0 spiro atoms. The number of carbonyl (C=O) groups excluding carboxylic acids is 1. The second-order valence-electron chi connectivity index (χ2n) is 6.14. The Morgan fingerprint density at radius 1 is 1.12 bits per heavy atom. The molecule has 0 saturated carbocycles. The number of nitrogens with one attached hydrogen (secondary N) is 1. The number of hydrogen-bond donors (Lipinski definition) is 1. The first-order valence-corrected chi connectivity index (χ1v) is 8.49. The van der Waals surface area contributed by atoms with Crippen LogP contribution >= 0.6 is 0 Å². The van der Waals surface area contributed by atoms with Crippen molar-refractivity contribution in [1.82, 2.24) is 14.8 Å². The molecule has 3 rings (SSSR count). The normalized spacial score (nSPS) is 15.2. The Kier molecular flexibility index (Phi) is 5.50. The summed E-state index contributed by atoms with van der Waals surface area (Å²) in [7, 11) is 1.67. The Balaban J connectivity index is 1.49. The van der Waals surface area contributed by atoms with Gasteiger partial charge in [0.05, 0.1) is 7.11 Å². The highest BCUT2D eigenvalue weighted by molar-refractivity contribution is 5.93. The van der Waals surface area contributed by atoms with Crippen molar-refractivity contribution in [3.8, 4) is 5.75 Å². The molecule has 0 aliphatic carbocycles. The lowest BCUT2D eigenvalue weighted by molar-refractivity contribution is 0.0636. The molecule has 25 heavy (non-hydrogen) atoms. The highest BCUT2D eigenvalue weighted by Gasteiger charge is 2.23. The predicted octanol–water partition coefficient (Wildman–Crippen LogP) is 1.38. The van der Waals surface area contributed by atoms with Crippen molar-refractivity contribution in [1.29, 1.82) is 0 Å². The fourth-order valence-corrected chi connectivity index (χ4v) is 3.01. The SMILES string of the molecule is COc1ccc(CCN2CCN(C(=O)c3ccc[nH]c3=O)CC2)cc1.